The lowest BCUT2D eigenvalue weighted by atomic mass is 10.0. The highest BCUT2D eigenvalue weighted by atomic mass is 16.5. The molecule has 4 rings (SSSR count). The number of anilines is 1. The van der Waals surface area contributed by atoms with Crippen molar-refractivity contribution in [2.24, 2.45) is 0 Å². The molecule has 1 N–H and O–H groups in total. The van der Waals surface area contributed by atoms with Crippen LogP contribution in [0.2, 0.25) is 0 Å². The van der Waals surface area contributed by atoms with Gasteiger partial charge in [-0.1, -0.05) is 42.5 Å². The molecule has 1 aliphatic rings. The van der Waals surface area contributed by atoms with E-state index in [1.165, 1.54) is 0 Å². The molecule has 1 fully saturated rings. The van der Waals surface area contributed by atoms with Gasteiger partial charge in [0.25, 0.3) is 0 Å². The van der Waals surface area contributed by atoms with E-state index in [2.05, 4.69) is 16.0 Å². The summed E-state index contributed by atoms with van der Waals surface area (Å²) in [7, 11) is 0. The fraction of sp³-hybridized carbons (Fsp3) is 0.227. The molecule has 3 aromatic rings. The number of phenols is 1. The number of aryl methyl sites for hydroxylation is 1. The molecular formula is C22H22N2O2. The van der Waals surface area contributed by atoms with E-state index in [1.807, 2.05) is 67.7 Å². The van der Waals surface area contributed by atoms with Crippen LogP contribution in [0.15, 0.2) is 66.9 Å². The van der Waals surface area contributed by atoms with E-state index >= 15 is 0 Å². The molecular weight excluding hydrogens is 324 g/mol. The van der Waals surface area contributed by atoms with Crippen LogP contribution in [-0.2, 0) is 0 Å². The van der Waals surface area contributed by atoms with E-state index in [0.717, 1.165) is 41.9 Å². The standard InChI is InChI=1S/C22H22N2O2/c1-16-7-10-22(23-14-16)26-19-11-12-24(15-19)20-9-8-18(13-21(20)25)17-5-3-2-4-6-17/h2-10,13-14,19,25H,11-12,15H2,1H3/t19-/m1/s1. The number of aromatic nitrogens is 1. The Morgan fingerprint density at radius 3 is 2.62 bits per heavy atom. The summed E-state index contributed by atoms with van der Waals surface area (Å²) >= 11 is 0. The van der Waals surface area contributed by atoms with E-state index in [4.69, 9.17) is 4.74 Å². The first-order valence-electron chi connectivity index (χ1n) is 8.92. The average Bonchev–Trinajstić information content (AvgIpc) is 3.12. The smallest absolute Gasteiger partial charge is 0.213 e. The summed E-state index contributed by atoms with van der Waals surface area (Å²) in [5.74, 6) is 0.964. The molecule has 1 aromatic heterocycles. The summed E-state index contributed by atoms with van der Waals surface area (Å²) in [6.45, 7) is 3.61. The number of hydrogen-bond acceptors (Lipinski definition) is 4. The van der Waals surface area contributed by atoms with Crippen molar-refractivity contribution >= 4 is 5.69 Å². The largest absolute Gasteiger partial charge is 0.506 e. The molecule has 4 nitrogen and oxygen atoms in total. The molecule has 0 spiro atoms. The fourth-order valence-electron chi connectivity index (χ4n) is 3.34. The second-order valence-electron chi connectivity index (χ2n) is 6.72. The van der Waals surface area contributed by atoms with Crippen molar-refractivity contribution in [1.29, 1.82) is 0 Å². The maximum atomic E-state index is 10.5. The van der Waals surface area contributed by atoms with Gasteiger partial charge in [-0.25, -0.2) is 4.98 Å². The summed E-state index contributed by atoms with van der Waals surface area (Å²) in [4.78, 5) is 6.48. The van der Waals surface area contributed by atoms with Crippen LogP contribution in [0.5, 0.6) is 11.6 Å². The number of rotatable bonds is 4. The Balaban J connectivity index is 1.46. The topological polar surface area (TPSA) is 45.6 Å². The van der Waals surface area contributed by atoms with Crippen LogP contribution in [0.4, 0.5) is 5.69 Å². The van der Waals surface area contributed by atoms with Crippen LogP contribution < -0.4 is 9.64 Å². The second-order valence-corrected chi connectivity index (χ2v) is 6.72. The zero-order valence-electron chi connectivity index (χ0n) is 14.8. The van der Waals surface area contributed by atoms with Crippen LogP contribution in [0, 0.1) is 6.92 Å². The lowest BCUT2D eigenvalue weighted by molar-refractivity contribution is 0.216. The van der Waals surface area contributed by atoms with Crippen LogP contribution in [0.25, 0.3) is 11.1 Å². The molecule has 2 aromatic carbocycles. The van der Waals surface area contributed by atoms with E-state index in [-0.39, 0.29) is 6.10 Å². The molecule has 0 bridgehead atoms. The number of benzene rings is 2. The third-order valence-corrected chi connectivity index (χ3v) is 4.74. The Labute approximate surface area is 153 Å². The van der Waals surface area contributed by atoms with E-state index < -0.39 is 0 Å². The van der Waals surface area contributed by atoms with Gasteiger partial charge < -0.3 is 14.7 Å². The van der Waals surface area contributed by atoms with Crippen molar-refractivity contribution in [3.8, 4) is 22.8 Å². The van der Waals surface area contributed by atoms with Gasteiger partial charge in [0.1, 0.15) is 11.9 Å². The van der Waals surface area contributed by atoms with Gasteiger partial charge in [-0.05, 0) is 35.7 Å². The summed E-state index contributed by atoms with van der Waals surface area (Å²) < 4.78 is 5.98. The minimum absolute atomic E-state index is 0.0819. The first kappa shape index (κ1) is 16.5. The average molecular weight is 346 g/mol. The van der Waals surface area contributed by atoms with Crippen molar-refractivity contribution in [2.45, 2.75) is 19.4 Å². The minimum Gasteiger partial charge on any atom is -0.506 e. The highest BCUT2D eigenvalue weighted by molar-refractivity contribution is 5.71. The Bertz CT molecular complexity index is 878. The lowest BCUT2D eigenvalue weighted by Gasteiger charge is -2.20. The van der Waals surface area contributed by atoms with Crippen molar-refractivity contribution in [1.82, 2.24) is 4.98 Å². The van der Waals surface area contributed by atoms with Gasteiger partial charge in [-0.2, -0.15) is 0 Å². The van der Waals surface area contributed by atoms with Crippen molar-refractivity contribution in [3.63, 3.8) is 0 Å². The summed E-state index contributed by atoms with van der Waals surface area (Å²) in [6, 6.07) is 19.9. The fourth-order valence-corrected chi connectivity index (χ4v) is 3.34. The molecule has 0 unspecified atom stereocenters. The Morgan fingerprint density at radius 2 is 1.88 bits per heavy atom. The monoisotopic (exact) mass is 346 g/mol. The predicted molar refractivity (Wildman–Crippen MR) is 104 cm³/mol. The molecule has 26 heavy (non-hydrogen) atoms. The third-order valence-electron chi connectivity index (χ3n) is 4.74. The molecule has 1 saturated heterocycles. The van der Waals surface area contributed by atoms with E-state index in [9.17, 15) is 5.11 Å². The number of aromatic hydroxyl groups is 1. The first-order valence-corrected chi connectivity index (χ1v) is 8.92. The summed E-state index contributed by atoms with van der Waals surface area (Å²) in [5, 5.41) is 10.5. The molecule has 0 aliphatic carbocycles. The summed E-state index contributed by atoms with van der Waals surface area (Å²) in [6.07, 6.45) is 2.81. The maximum Gasteiger partial charge on any atom is 0.213 e. The molecule has 4 heteroatoms. The van der Waals surface area contributed by atoms with Gasteiger partial charge in [-0.15, -0.1) is 0 Å². The molecule has 0 radical (unpaired) electrons. The zero-order chi connectivity index (χ0) is 17.9. The van der Waals surface area contributed by atoms with Gasteiger partial charge in [0, 0.05) is 25.2 Å². The normalized spacial score (nSPS) is 16.7. The quantitative estimate of drug-likeness (QED) is 0.759. The van der Waals surface area contributed by atoms with Crippen molar-refractivity contribution in [3.05, 3.63) is 72.4 Å². The minimum atomic E-state index is 0.0819. The molecule has 132 valence electrons. The highest BCUT2D eigenvalue weighted by Crippen LogP contribution is 2.34. The van der Waals surface area contributed by atoms with E-state index in [0.29, 0.717) is 11.6 Å². The van der Waals surface area contributed by atoms with Gasteiger partial charge >= 0.3 is 0 Å². The molecule has 0 saturated carbocycles. The summed E-state index contributed by atoms with van der Waals surface area (Å²) in [5.41, 5.74) is 4.09. The first-order chi connectivity index (χ1) is 12.7. The van der Waals surface area contributed by atoms with E-state index in [1.54, 1.807) is 0 Å². The Kier molecular flexibility index (Phi) is 4.48. The SMILES string of the molecule is Cc1ccc(O[C@@H]2CCN(c3ccc(-c4ccccc4)cc3O)C2)nc1. The number of nitrogens with zero attached hydrogens (tertiary/aromatic N) is 2. The number of hydrogen-bond donors (Lipinski definition) is 1. The van der Waals surface area contributed by atoms with Crippen molar-refractivity contribution < 1.29 is 9.84 Å². The zero-order valence-corrected chi connectivity index (χ0v) is 14.8. The molecule has 1 aliphatic heterocycles. The van der Waals surface area contributed by atoms with Gasteiger partial charge in [0.05, 0.1) is 12.2 Å². The van der Waals surface area contributed by atoms with Crippen LogP contribution in [0.3, 0.4) is 0 Å². The van der Waals surface area contributed by atoms with Gasteiger partial charge in [-0.3, -0.25) is 0 Å². The van der Waals surface area contributed by atoms with Gasteiger partial charge in [0.2, 0.25) is 5.88 Å². The van der Waals surface area contributed by atoms with Crippen molar-refractivity contribution in [2.75, 3.05) is 18.0 Å². The highest BCUT2D eigenvalue weighted by Gasteiger charge is 2.26. The van der Waals surface area contributed by atoms with Gasteiger partial charge in [0.15, 0.2) is 0 Å². The number of pyridine rings is 1. The van der Waals surface area contributed by atoms with Crippen LogP contribution in [-0.4, -0.2) is 29.3 Å². The third kappa shape index (κ3) is 3.49. The second kappa shape index (κ2) is 7.08. The molecule has 2 heterocycles. The maximum absolute atomic E-state index is 10.5. The van der Waals surface area contributed by atoms with Crippen LogP contribution >= 0.6 is 0 Å². The molecule has 1 atom stereocenters. The number of phenolic OH excluding ortho intramolecular Hbond substituents is 1. The van der Waals surface area contributed by atoms with Crippen LogP contribution in [0.1, 0.15) is 12.0 Å². The molecule has 0 amide bonds. The number of ether oxygens (including phenoxy) is 1. The predicted octanol–water partition coefficient (Wildman–Crippen LogP) is 4.42. The Hall–Kier alpha value is -3.01. The Morgan fingerprint density at radius 1 is 1.04 bits per heavy atom. The lowest BCUT2D eigenvalue weighted by Crippen LogP contribution is -2.24.